The summed E-state index contributed by atoms with van der Waals surface area (Å²) in [6, 6.07) is 18.5. The minimum Gasteiger partial charge on any atom is -0.395 e. The number of aliphatic hydroxyl groups excluding tert-OH is 1. The van der Waals surface area contributed by atoms with Gasteiger partial charge in [-0.2, -0.15) is 0 Å². The van der Waals surface area contributed by atoms with Gasteiger partial charge in [-0.1, -0.05) is 48.5 Å². The monoisotopic (exact) mass is 354 g/mol. The number of hydrogen-bond donors (Lipinski definition) is 2. The molecule has 1 amide bonds. The van der Waals surface area contributed by atoms with Gasteiger partial charge in [0.15, 0.2) is 0 Å². The maximum absolute atomic E-state index is 12.3. The van der Waals surface area contributed by atoms with Crippen LogP contribution in [-0.4, -0.2) is 35.0 Å². The van der Waals surface area contributed by atoms with Crippen LogP contribution >= 0.6 is 11.8 Å². The van der Waals surface area contributed by atoms with E-state index in [-0.39, 0.29) is 19.1 Å². The van der Waals surface area contributed by atoms with Crippen molar-refractivity contribution in [3.63, 3.8) is 0 Å². The molecule has 3 aromatic rings. The predicted molar refractivity (Wildman–Crippen MR) is 103 cm³/mol. The second-order valence-electron chi connectivity index (χ2n) is 5.82. The molecule has 0 saturated carbocycles. The number of aromatic nitrogens is 1. The molecular formula is C20H22N2O2S. The molecule has 0 radical (unpaired) electrons. The van der Waals surface area contributed by atoms with E-state index in [0.29, 0.717) is 6.42 Å². The lowest BCUT2D eigenvalue weighted by Gasteiger charge is -2.12. The molecule has 0 saturated heterocycles. The molecule has 2 aromatic carbocycles. The topological polar surface area (TPSA) is 54.3 Å². The van der Waals surface area contributed by atoms with Crippen molar-refractivity contribution in [1.82, 2.24) is 9.88 Å². The molecule has 0 aliphatic heterocycles. The number of carbonyl (C=O) groups excluding carboxylic acids is 1. The van der Waals surface area contributed by atoms with E-state index in [2.05, 4.69) is 34.1 Å². The highest BCUT2D eigenvalue weighted by atomic mass is 32.2. The Kier molecular flexibility index (Phi) is 5.79. The fourth-order valence-corrected chi connectivity index (χ4v) is 3.89. The Bertz CT molecular complexity index is 859. The van der Waals surface area contributed by atoms with Gasteiger partial charge in [-0.15, -0.1) is 11.8 Å². The molecule has 5 heteroatoms. The number of hydrogen-bond acceptors (Lipinski definition) is 3. The summed E-state index contributed by atoms with van der Waals surface area (Å²) in [5, 5.41) is 12.9. The normalized spacial score (nSPS) is 11.0. The lowest BCUT2D eigenvalue weighted by atomic mass is 10.2. The lowest BCUT2D eigenvalue weighted by molar-refractivity contribution is -0.120. The van der Waals surface area contributed by atoms with Crippen LogP contribution in [-0.2, 0) is 17.8 Å². The quantitative estimate of drug-likeness (QED) is 0.641. The second kappa shape index (κ2) is 8.23. The van der Waals surface area contributed by atoms with Crippen molar-refractivity contribution >= 4 is 28.6 Å². The van der Waals surface area contributed by atoms with Crippen molar-refractivity contribution in [3.05, 3.63) is 65.9 Å². The summed E-state index contributed by atoms with van der Waals surface area (Å²) in [4.78, 5) is 13.4. The van der Waals surface area contributed by atoms with Gasteiger partial charge in [-0.25, -0.2) is 0 Å². The Labute approximate surface area is 151 Å². The van der Waals surface area contributed by atoms with Gasteiger partial charge in [0.2, 0.25) is 5.91 Å². The highest BCUT2D eigenvalue weighted by molar-refractivity contribution is 7.98. The van der Waals surface area contributed by atoms with E-state index < -0.39 is 0 Å². The van der Waals surface area contributed by atoms with Gasteiger partial charge in [0.1, 0.15) is 0 Å². The molecule has 0 fully saturated rings. The third kappa shape index (κ3) is 3.89. The van der Waals surface area contributed by atoms with Gasteiger partial charge in [-0.05, 0) is 17.9 Å². The Hall–Kier alpha value is -2.24. The van der Waals surface area contributed by atoms with Crippen LogP contribution in [0.3, 0.4) is 0 Å². The van der Waals surface area contributed by atoms with Crippen LogP contribution in [0.25, 0.3) is 10.9 Å². The molecule has 3 rings (SSSR count). The van der Waals surface area contributed by atoms with Gasteiger partial charge in [-0.3, -0.25) is 4.79 Å². The molecule has 0 aliphatic carbocycles. The summed E-state index contributed by atoms with van der Waals surface area (Å²) < 4.78 is 2.23. The SMILES string of the molecule is CSc1c(CC(=O)NCCO)n(Cc2ccccc2)c2ccccc12. The molecule has 0 unspecified atom stereocenters. The van der Waals surface area contributed by atoms with Crippen molar-refractivity contribution in [2.75, 3.05) is 19.4 Å². The van der Waals surface area contributed by atoms with Crippen LogP contribution in [0.4, 0.5) is 0 Å². The number of benzene rings is 2. The number of rotatable bonds is 7. The molecule has 130 valence electrons. The molecule has 2 N–H and O–H groups in total. The van der Waals surface area contributed by atoms with Gasteiger partial charge >= 0.3 is 0 Å². The summed E-state index contributed by atoms with van der Waals surface area (Å²) in [7, 11) is 0. The molecule has 0 spiro atoms. The minimum absolute atomic E-state index is 0.0475. The van der Waals surface area contributed by atoms with E-state index in [0.717, 1.165) is 22.7 Å². The average Bonchev–Trinajstić information content (AvgIpc) is 2.93. The number of fused-ring (bicyclic) bond motifs is 1. The summed E-state index contributed by atoms with van der Waals surface area (Å²) >= 11 is 1.67. The number of thioether (sulfide) groups is 1. The zero-order valence-electron chi connectivity index (χ0n) is 14.2. The van der Waals surface area contributed by atoms with E-state index in [1.807, 2.05) is 36.6 Å². The maximum Gasteiger partial charge on any atom is 0.226 e. The van der Waals surface area contributed by atoms with Gasteiger partial charge in [0.25, 0.3) is 0 Å². The number of para-hydroxylation sites is 1. The van der Waals surface area contributed by atoms with Crippen molar-refractivity contribution in [2.24, 2.45) is 0 Å². The summed E-state index contributed by atoms with van der Waals surface area (Å²) in [5.41, 5.74) is 3.36. The highest BCUT2D eigenvalue weighted by Gasteiger charge is 2.19. The van der Waals surface area contributed by atoms with E-state index in [1.54, 1.807) is 11.8 Å². The Morgan fingerprint density at radius 2 is 1.84 bits per heavy atom. The van der Waals surface area contributed by atoms with Crippen LogP contribution in [0.5, 0.6) is 0 Å². The Morgan fingerprint density at radius 3 is 2.56 bits per heavy atom. The first-order chi connectivity index (χ1) is 12.2. The number of amides is 1. The van der Waals surface area contributed by atoms with Crippen LogP contribution in [0.2, 0.25) is 0 Å². The summed E-state index contributed by atoms with van der Waals surface area (Å²) in [6.45, 7) is 0.963. The minimum atomic E-state index is -0.0681. The fourth-order valence-electron chi connectivity index (χ4n) is 3.08. The third-order valence-electron chi connectivity index (χ3n) is 4.18. The lowest BCUT2D eigenvalue weighted by Crippen LogP contribution is -2.28. The molecular weight excluding hydrogens is 332 g/mol. The van der Waals surface area contributed by atoms with Crippen LogP contribution in [0.15, 0.2) is 59.5 Å². The Morgan fingerprint density at radius 1 is 1.12 bits per heavy atom. The van der Waals surface area contributed by atoms with E-state index in [1.165, 1.54) is 10.9 Å². The van der Waals surface area contributed by atoms with Gasteiger partial charge < -0.3 is 15.0 Å². The molecule has 1 aromatic heterocycles. The van der Waals surface area contributed by atoms with Gasteiger partial charge in [0.05, 0.1) is 13.0 Å². The highest BCUT2D eigenvalue weighted by Crippen LogP contribution is 2.34. The molecule has 0 aliphatic rings. The second-order valence-corrected chi connectivity index (χ2v) is 6.64. The number of aliphatic hydroxyl groups is 1. The first kappa shape index (κ1) is 17.6. The van der Waals surface area contributed by atoms with Gasteiger partial charge in [0, 0.05) is 34.6 Å². The first-order valence-corrected chi connectivity index (χ1v) is 9.52. The first-order valence-electron chi connectivity index (χ1n) is 8.30. The summed E-state index contributed by atoms with van der Waals surface area (Å²) in [6.07, 6.45) is 2.35. The van der Waals surface area contributed by atoms with Crippen molar-refractivity contribution < 1.29 is 9.90 Å². The zero-order chi connectivity index (χ0) is 17.6. The average molecular weight is 354 g/mol. The van der Waals surface area contributed by atoms with E-state index >= 15 is 0 Å². The Balaban J connectivity index is 2.05. The standard InChI is InChI=1S/C20H22N2O2S/c1-25-20-16-9-5-6-10-17(16)22(14-15-7-3-2-4-8-15)18(20)13-19(24)21-11-12-23/h2-10,23H,11-14H2,1H3,(H,21,24). The van der Waals surface area contributed by atoms with Crippen molar-refractivity contribution in [2.45, 2.75) is 17.9 Å². The molecule has 25 heavy (non-hydrogen) atoms. The van der Waals surface area contributed by atoms with E-state index in [4.69, 9.17) is 5.11 Å². The number of nitrogens with zero attached hydrogens (tertiary/aromatic N) is 1. The van der Waals surface area contributed by atoms with Crippen LogP contribution in [0, 0.1) is 0 Å². The molecule has 4 nitrogen and oxygen atoms in total. The van der Waals surface area contributed by atoms with E-state index in [9.17, 15) is 4.79 Å². The molecule has 0 atom stereocenters. The maximum atomic E-state index is 12.3. The fraction of sp³-hybridized carbons (Fsp3) is 0.250. The number of nitrogens with one attached hydrogen (secondary N) is 1. The largest absolute Gasteiger partial charge is 0.395 e. The summed E-state index contributed by atoms with van der Waals surface area (Å²) in [5.74, 6) is -0.0681. The third-order valence-corrected chi connectivity index (χ3v) is 5.04. The molecule has 0 bridgehead atoms. The van der Waals surface area contributed by atoms with Crippen molar-refractivity contribution in [3.8, 4) is 0 Å². The van der Waals surface area contributed by atoms with Crippen LogP contribution < -0.4 is 5.32 Å². The predicted octanol–water partition coefficient (Wildman–Crippen LogP) is 3.06. The molecule has 1 heterocycles. The number of carbonyl (C=O) groups is 1. The zero-order valence-corrected chi connectivity index (χ0v) is 15.1. The smallest absolute Gasteiger partial charge is 0.226 e. The van der Waals surface area contributed by atoms with Crippen LogP contribution in [0.1, 0.15) is 11.3 Å². The van der Waals surface area contributed by atoms with Crippen molar-refractivity contribution in [1.29, 1.82) is 0 Å².